The van der Waals surface area contributed by atoms with Crippen LogP contribution in [0.15, 0.2) is 60.1 Å². The summed E-state index contributed by atoms with van der Waals surface area (Å²) in [6.07, 6.45) is 1.60. The lowest BCUT2D eigenvalue weighted by Crippen LogP contribution is -2.13. The molecule has 0 bridgehead atoms. The maximum Gasteiger partial charge on any atom is 0.276 e. The van der Waals surface area contributed by atoms with Gasteiger partial charge in [0.2, 0.25) is 0 Å². The second-order valence-corrected chi connectivity index (χ2v) is 7.40. The first-order valence-corrected chi connectivity index (χ1v) is 10.2. The molecular weight excluding hydrogens is 426 g/mol. The van der Waals surface area contributed by atoms with Crippen LogP contribution in [0.4, 0.5) is 10.8 Å². The predicted octanol–water partition coefficient (Wildman–Crippen LogP) is 5.10. The Labute approximate surface area is 179 Å². The van der Waals surface area contributed by atoms with Crippen LogP contribution in [-0.4, -0.2) is 25.8 Å². The van der Waals surface area contributed by atoms with Gasteiger partial charge in [-0.25, -0.2) is 9.97 Å². The number of amides is 1. The first-order valence-electron chi connectivity index (χ1n) is 8.76. The number of hydrogen-bond acceptors (Lipinski definition) is 6. The number of aromatic nitrogens is 3. The van der Waals surface area contributed by atoms with Crippen molar-refractivity contribution in [1.82, 2.24) is 15.0 Å². The second kappa shape index (κ2) is 8.44. The van der Waals surface area contributed by atoms with E-state index in [1.54, 1.807) is 23.7 Å². The maximum absolute atomic E-state index is 12.9. The number of carbonyl (C=O) groups is 1. The zero-order valence-corrected chi connectivity index (χ0v) is 16.9. The van der Waals surface area contributed by atoms with Crippen molar-refractivity contribution in [2.24, 2.45) is 0 Å². The van der Waals surface area contributed by atoms with E-state index in [0.717, 1.165) is 11.1 Å². The van der Waals surface area contributed by atoms with E-state index >= 15 is 0 Å². The van der Waals surface area contributed by atoms with Gasteiger partial charge in [0.25, 0.3) is 11.6 Å². The molecule has 0 radical (unpaired) electrons. The third-order valence-corrected chi connectivity index (χ3v) is 5.31. The average Bonchev–Trinajstić information content (AvgIpc) is 3.44. The normalized spacial score (nSPS) is 10.7. The number of hydrogen-bond donors (Lipinski definition) is 2. The summed E-state index contributed by atoms with van der Waals surface area (Å²) in [5.74, 6) is 0.416. The maximum atomic E-state index is 12.9. The number of imidazole rings is 1. The van der Waals surface area contributed by atoms with Crippen molar-refractivity contribution in [3.05, 3.63) is 81.5 Å². The molecule has 1 amide bonds. The highest BCUT2D eigenvalue weighted by molar-refractivity contribution is 7.13. The number of nitro benzene ring substituents is 1. The van der Waals surface area contributed by atoms with Crippen LogP contribution in [0.3, 0.4) is 0 Å². The molecule has 0 aliphatic heterocycles. The first kappa shape index (κ1) is 19.7. The van der Waals surface area contributed by atoms with Crippen molar-refractivity contribution in [1.29, 1.82) is 0 Å². The molecule has 0 saturated carbocycles. The molecule has 2 aromatic heterocycles. The van der Waals surface area contributed by atoms with E-state index in [4.69, 9.17) is 11.6 Å². The summed E-state index contributed by atoms with van der Waals surface area (Å²) < 4.78 is 0. The number of rotatable bonds is 6. The largest absolute Gasteiger partial charge is 0.333 e. The van der Waals surface area contributed by atoms with Gasteiger partial charge in [-0.3, -0.25) is 20.2 Å². The van der Waals surface area contributed by atoms with Crippen molar-refractivity contribution in [3.8, 4) is 22.6 Å². The Hall–Kier alpha value is -3.56. The second-order valence-electron chi connectivity index (χ2n) is 6.23. The molecule has 30 heavy (non-hydrogen) atoms. The number of nitrogens with one attached hydrogen (secondary N) is 2. The third-order valence-electron chi connectivity index (χ3n) is 4.32. The highest BCUT2D eigenvalue weighted by Crippen LogP contribution is 2.28. The fraction of sp³-hybridized carbons (Fsp3) is 0.0500. The Morgan fingerprint density at radius 2 is 1.83 bits per heavy atom. The van der Waals surface area contributed by atoms with Gasteiger partial charge >= 0.3 is 0 Å². The molecule has 0 fully saturated rings. The number of non-ortho nitro benzene ring substituents is 1. The van der Waals surface area contributed by atoms with E-state index in [1.165, 1.54) is 23.5 Å². The summed E-state index contributed by atoms with van der Waals surface area (Å²) in [5, 5.41) is 15.9. The molecule has 150 valence electrons. The minimum atomic E-state index is -0.470. The molecule has 2 aromatic carbocycles. The number of benzene rings is 2. The van der Waals surface area contributed by atoms with Crippen LogP contribution in [0.5, 0.6) is 0 Å². The van der Waals surface area contributed by atoms with Crippen LogP contribution in [0, 0.1) is 10.1 Å². The number of anilines is 1. The first-order chi connectivity index (χ1) is 14.5. The molecule has 0 unspecified atom stereocenters. The van der Waals surface area contributed by atoms with Crippen LogP contribution in [0.25, 0.3) is 22.6 Å². The summed E-state index contributed by atoms with van der Waals surface area (Å²) in [5.41, 5.74) is 2.99. The molecule has 0 aliphatic rings. The van der Waals surface area contributed by atoms with Gasteiger partial charge in [-0.1, -0.05) is 24.3 Å². The monoisotopic (exact) mass is 439 g/mol. The topological polar surface area (TPSA) is 114 Å². The van der Waals surface area contributed by atoms with Gasteiger partial charge in [0, 0.05) is 40.7 Å². The Morgan fingerprint density at radius 3 is 2.43 bits per heavy atom. The number of aromatic amines is 1. The highest BCUT2D eigenvalue weighted by atomic mass is 35.5. The lowest BCUT2D eigenvalue weighted by molar-refractivity contribution is -0.384. The minimum Gasteiger partial charge on any atom is -0.333 e. The van der Waals surface area contributed by atoms with Gasteiger partial charge in [-0.15, -0.1) is 22.9 Å². The van der Waals surface area contributed by atoms with Crippen LogP contribution in [-0.2, 0) is 5.88 Å². The van der Waals surface area contributed by atoms with Crippen LogP contribution in [0.2, 0.25) is 0 Å². The van der Waals surface area contributed by atoms with Crippen molar-refractivity contribution in [2.75, 3.05) is 5.32 Å². The number of thiazole rings is 1. The number of nitrogens with zero attached hydrogens (tertiary/aromatic N) is 3. The Bertz CT molecular complexity index is 1190. The van der Waals surface area contributed by atoms with Crippen molar-refractivity contribution >= 4 is 39.7 Å². The van der Waals surface area contributed by atoms with Crippen molar-refractivity contribution < 1.29 is 9.72 Å². The van der Waals surface area contributed by atoms with E-state index in [1.807, 2.05) is 24.3 Å². The molecule has 8 nitrogen and oxygen atoms in total. The van der Waals surface area contributed by atoms with Crippen molar-refractivity contribution in [3.63, 3.8) is 0 Å². The van der Waals surface area contributed by atoms with Gasteiger partial charge in [0.05, 0.1) is 4.92 Å². The number of alkyl halides is 1. The summed E-state index contributed by atoms with van der Waals surface area (Å²) in [4.78, 5) is 35.0. The summed E-state index contributed by atoms with van der Waals surface area (Å²) in [7, 11) is 0. The molecular formula is C20H14ClN5O3S. The number of H-pyrrole nitrogens is 1. The lowest BCUT2D eigenvalue weighted by Gasteiger charge is -2.04. The number of carbonyl (C=O) groups excluding carboxylic acids is 1. The molecule has 0 atom stereocenters. The zero-order chi connectivity index (χ0) is 21.1. The smallest absolute Gasteiger partial charge is 0.276 e. The van der Waals surface area contributed by atoms with Gasteiger partial charge in [-0.05, 0) is 17.7 Å². The van der Waals surface area contributed by atoms with Crippen LogP contribution < -0.4 is 5.32 Å². The number of nitro groups is 1. The Balaban J connectivity index is 1.75. The Kier molecular flexibility index (Phi) is 5.55. The quantitative estimate of drug-likeness (QED) is 0.246. The fourth-order valence-corrected chi connectivity index (χ4v) is 3.52. The fourth-order valence-electron chi connectivity index (χ4n) is 2.82. The molecule has 2 N–H and O–H groups in total. The predicted molar refractivity (Wildman–Crippen MR) is 116 cm³/mol. The molecule has 10 heteroatoms. The summed E-state index contributed by atoms with van der Waals surface area (Å²) in [6, 6.07) is 13.4. The molecule has 4 rings (SSSR count). The van der Waals surface area contributed by atoms with Gasteiger partial charge in [-0.2, -0.15) is 0 Å². The molecule has 0 spiro atoms. The van der Waals surface area contributed by atoms with Gasteiger partial charge in [0.15, 0.2) is 5.13 Å². The summed E-state index contributed by atoms with van der Waals surface area (Å²) in [6.45, 7) is 0. The molecule has 2 heterocycles. The Morgan fingerprint density at radius 1 is 1.13 bits per heavy atom. The van der Waals surface area contributed by atoms with Crippen LogP contribution in [0.1, 0.15) is 16.1 Å². The van der Waals surface area contributed by atoms with Crippen molar-refractivity contribution in [2.45, 2.75) is 5.88 Å². The number of halogens is 1. The zero-order valence-electron chi connectivity index (χ0n) is 15.3. The minimum absolute atomic E-state index is 0.0241. The molecule has 0 saturated heterocycles. The van der Waals surface area contributed by atoms with E-state index in [0.29, 0.717) is 28.1 Å². The van der Waals surface area contributed by atoms with Gasteiger partial charge < -0.3 is 4.98 Å². The van der Waals surface area contributed by atoms with E-state index in [2.05, 4.69) is 20.3 Å². The van der Waals surface area contributed by atoms with E-state index in [-0.39, 0.29) is 17.3 Å². The molecule has 4 aromatic rings. The molecule has 0 aliphatic carbocycles. The third kappa shape index (κ3) is 4.07. The standard InChI is InChI=1S/C20H14ClN5O3S/c21-11-12-1-3-13(4-2-12)16-17(19(27)25-20-22-9-10-30-20)24-18(23-16)14-5-7-15(8-6-14)26(28)29/h1-10H,11H2,(H,23,24)(H,22,25,27). The van der Waals surface area contributed by atoms with Gasteiger partial charge in [0.1, 0.15) is 17.2 Å². The van der Waals surface area contributed by atoms with E-state index in [9.17, 15) is 14.9 Å². The van der Waals surface area contributed by atoms with Crippen LogP contribution >= 0.6 is 22.9 Å². The highest BCUT2D eigenvalue weighted by Gasteiger charge is 2.21. The average molecular weight is 440 g/mol. The summed E-state index contributed by atoms with van der Waals surface area (Å²) >= 11 is 7.17. The lowest BCUT2D eigenvalue weighted by atomic mass is 10.1. The van der Waals surface area contributed by atoms with E-state index < -0.39 is 4.92 Å². The SMILES string of the molecule is O=C(Nc1nccs1)c1[nH]c(-c2ccc([N+](=O)[O-])cc2)nc1-c1ccc(CCl)cc1.